The summed E-state index contributed by atoms with van der Waals surface area (Å²) in [5, 5.41) is 8.81. The molecule has 0 aromatic heterocycles. The van der Waals surface area contributed by atoms with E-state index in [0.717, 1.165) is 38.5 Å². The average molecular weight is 840 g/mol. The third-order valence-electron chi connectivity index (χ3n) is 9.26. The van der Waals surface area contributed by atoms with Gasteiger partial charge in [0.2, 0.25) is 0 Å². The van der Waals surface area contributed by atoms with Crippen LogP contribution in [0.2, 0.25) is 0 Å². The lowest BCUT2D eigenvalue weighted by atomic mass is 10.0. The lowest BCUT2D eigenvalue weighted by Crippen LogP contribution is -2.37. The quantitative estimate of drug-likeness (QED) is 0.00729. The van der Waals surface area contributed by atoms with Crippen LogP contribution in [-0.4, -0.2) is 75.3 Å². The fourth-order valence-corrected chi connectivity index (χ4v) is 6.52. The SMILES string of the molecule is CC/C=C(/CC/C=C/C=C\C/C=C\C/C=C\CCCC(=O)O[C@H](COC(=O)CCCCCCCCCCCCCCCCC)COP(=O)([O-])OCC[N+](C)(C)C)OO. The molecule has 1 N–H and O–H groups in total. The molecule has 0 aromatic carbocycles. The van der Waals surface area contributed by atoms with Crippen molar-refractivity contribution in [3.63, 3.8) is 0 Å². The Balaban J connectivity index is 4.49. The van der Waals surface area contributed by atoms with Gasteiger partial charge in [0, 0.05) is 19.3 Å². The highest BCUT2D eigenvalue weighted by Gasteiger charge is 2.21. The second-order valence-corrected chi connectivity index (χ2v) is 17.4. The standard InChI is InChI=1S/C46H82NO10P/c1-6-8-9-10-11-12-13-14-15-18-21-24-27-30-33-37-45(48)53-41-44(42-55-58(51,52)54-40-39-47(3,4)5)56-46(49)38-34-31-28-25-22-19-16-17-20-23-26-29-32-36-43(57-50)35-7-2/h16,19-20,23,25-26,28-29,35,44H,6-15,17-18,21-22,24,27,30-34,36-42H2,1-5H3,(H-,50,51,52)/b19-16-,23-20-,28-25-,29-26+,43-35-/t44-/m1/s1. The minimum Gasteiger partial charge on any atom is -0.756 e. The zero-order valence-corrected chi connectivity index (χ0v) is 38.0. The number of nitrogens with zero attached hydrogens (tertiary/aromatic N) is 1. The first-order valence-electron chi connectivity index (χ1n) is 22.3. The van der Waals surface area contributed by atoms with Crippen LogP contribution in [0.3, 0.4) is 0 Å². The lowest BCUT2D eigenvalue weighted by Gasteiger charge is -2.28. The molecule has 0 saturated heterocycles. The van der Waals surface area contributed by atoms with Gasteiger partial charge in [-0.15, -0.1) is 0 Å². The van der Waals surface area contributed by atoms with Crippen LogP contribution in [0.5, 0.6) is 0 Å². The molecule has 0 radical (unpaired) electrons. The van der Waals surface area contributed by atoms with Crippen LogP contribution in [-0.2, 0) is 37.6 Å². The van der Waals surface area contributed by atoms with Crippen molar-refractivity contribution in [2.45, 2.75) is 174 Å². The van der Waals surface area contributed by atoms with E-state index in [1.54, 1.807) is 0 Å². The van der Waals surface area contributed by atoms with E-state index in [4.69, 9.17) is 23.8 Å². The third-order valence-corrected chi connectivity index (χ3v) is 10.2. The van der Waals surface area contributed by atoms with Gasteiger partial charge in [-0.25, -0.2) is 5.26 Å². The molecule has 11 nitrogen and oxygen atoms in total. The minimum atomic E-state index is -4.65. The molecule has 0 fully saturated rings. The fourth-order valence-electron chi connectivity index (χ4n) is 5.80. The number of esters is 2. The number of hydrogen-bond donors (Lipinski definition) is 1. The van der Waals surface area contributed by atoms with Gasteiger partial charge in [0.1, 0.15) is 25.5 Å². The van der Waals surface area contributed by atoms with Gasteiger partial charge in [-0.3, -0.25) is 14.2 Å². The van der Waals surface area contributed by atoms with Crippen molar-refractivity contribution in [1.29, 1.82) is 0 Å². The highest BCUT2D eigenvalue weighted by atomic mass is 31.2. The van der Waals surface area contributed by atoms with Gasteiger partial charge in [0.05, 0.1) is 27.7 Å². The Morgan fingerprint density at radius 3 is 1.79 bits per heavy atom. The maximum absolute atomic E-state index is 12.7. The van der Waals surface area contributed by atoms with E-state index in [1.165, 1.54) is 77.0 Å². The molecule has 58 heavy (non-hydrogen) atoms. The summed E-state index contributed by atoms with van der Waals surface area (Å²) < 4.78 is 33.8. The molecule has 12 heteroatoms. The van der Waals surface area contributed by atoms with E-state index >= 15 is 0 Å². The van der Waals surface area contributed by atoms with Crippen LogP contribution in [0.1, 0.15) is 168 Å². The summed E-state index contributed by atoms with van der Waals surface area (Å²) in [6.07, 6.45) is 41.1. The summed E-state index contributed by atoms with van der Waals surface area (Å²) in [7, 11) is 1.09. The molecule has 336 valence electrons. The Morgan fingerprint density at radius 1 is 0.655 bits per heavy atom. The van der Waals surface area contributed by atoms with E-state index in [-0.39, 0.29) is 26.1 Å². The maximum atomic E-state index is 12.7. The molecular formula is C46H82NO10P. The van der Waals surface area contributed by atoms with Crippen molar-refractivity contribution >= 4 is 19.8 Å². The number of allylic oxidation sites excluding steroid dienone is 10. The zero-order chi connectivity index (χ0) is 43.0. The second-order valence-electron chi connectivity index (χ2n) is 16.0. The highest BCUT2D eigenvalue weighted by Crippen LogP contribution is 2.38. The first-order chi connectivity index (χ1) is 27.9. The van der Waals surface area contributed by atoms with E-state index in [0.29, 0.717) is 42.5 Å². The first-order valence-corrected chi connectivity index (χ1v) is 23.8. The number of carbonyl (C=O) groups excluding carboxylic acids is 2. The summed E-state index contributed by atoms with van der Waals surface area (Å²) in [6.45, 7) is 3.85. The van der Waals surface area contributed by atoms with E-state index < -0.39 is 32.5 Å². The number of likely N-dealkylation sites (N-methyl/N-ethyl adjacent to an activating group) is 1. The van der Waals surface area contributed by atoms with E-state index in [1.807, 2.05) is 64.5 Å². The second kappa shape index (κ2) is 38.7. The van der Waals surface area contributed by atoms with Gasteiger partial charge in [-0.05, 0) is 51.0 Å². The predicted molar refractivity (Wildman–Crippen MR) is 234 cm³/mol. The molecule has 0 rings (SSSR count). The molecule has 1 unspecified atom stereocenters. The number of rotatable bonds is 40. The monoisotopic (exact) mass is 840 g/mol. The summed E-state index contributed by atoms with van der Waals surface area (Å²) in [5.74, 6) is -0.344. The van der Waals surface area contributed by atoms with E-state index in [2.05, 4.69) is 30.0 Å². The summed E-state index contributed by atoms with van der Waals surface area (Å²) in [5.41, 5.74) is 0. The number of carbonyl (C=O) groups is 2. The number of phosphoric ester groups is 1. The molecule has 0 heterocycles. The van der Waals surface area contributed by atoms with Gasteiger partial charge >= 0.3 is 11.9 Å². The van der Waals surface area contributed by atoms with Crippen LogP contribution in [0.25, 0.3) is 0 Å². The van der Waals surface area contributed by atoms with Crippen LogP contribution >= 0.6 is 7.82 Å². The summed E-state index contributed by atoms with van der Waals surface area (Å²) in [6, 6.07) is 0. The first kappa shape index (κ1) is 55.5. The van der Waals surface area contributed by atoms with Gasteiger partial charge in [-0.2, -0.15) is 0 Å². The van der Waals surface area contributed by atoms with E-state index in [9.17, 15) is 19.0 Å². The Kier molecular flexibility index (Phi) is 37.0. The summed E-state index contributed by atoms with van der Waals surface area (Å²) in [4.78, 5) is 41.9. The Labute approximate surface area is 353 Å². The van der Waals surface area contributed by atoms with Gasteiger partial charge in [-0.1, -0.05) is 152 Å². The van der Waals surface area contributed by atoms with Crippen molar-refractivity contribution in [2.75, 3.05) is 47.5 Å². The van der Waals surface area contributed by atoms with Crippen LogP contribution in [0.4, 0.5) is 0 Å². The van der Waals surface area contributed by atoms with Gasteiger partial charge in [0.15, 0.2) is 6.10 Å². The maximum Gasteiger partial charge on any atom is 0.306 e. The van der Waals surface area contributed by atoms with Gasteiger partial charge in [0.25, 0.3) is 7.82 Å². The number of ether oxygens (including phenoxy) is 2. The highest BCUT2D eigenvalue weighted by molar-refractivity contribution is 7.45. The van der Waals surface area contributed by atoms with Gasteiger partial charge < -0.3 is 32.8 Å². The Hall–Kier alpha value is -2.53. The predicted octanol–water partition coefficient (Wildman–Crippen LogP) is 11.6. The molecule has 0 amide bonds. The Morgan fingerprint density at radius 2 is 1.21 bits per heavy atom. The van der Waals surface area contributed by atoms with Crippen molar-refractivity contribution < 1.29 is 52.2 Å². The minimum absolute atomic E-state index is 0.0524. The zero-order valence-electron chi connectivity index (χ0n) is 37.1. The van der Waals surface area contributed by atoms with Crippen LogP contribution < -0.4 is 4.89 Å². The molecular weight excluding hydrogens is 757 g/mol. The molecule has 0 spiro atoms. The number of quaternary nitrogens is 1. The largest absolute Gasteiger partial charge is 0.756 e. The van der Waals surface area contributed by atoms with Crippen molar-refractivity contribution in [3.8, 4) is 0 Å². The van der Waals surface area contributed by atoms with Crippen molar-refractivity contribution in [3.05, 3.63) is 60.4 Å². The molecule has 0 bridgehead atoms. The lowest BCUT2D eigenvalue weighted by molar-refractivity contribution is -0.870. The average Bonchev–Trinajstić information content (AvgIpc) is 3.17. The molecule has 0 aliphatic heterocycles. The molecule has 0 saturated carbocycles. The molecule has 2 atom stereocenters. The Bertz CT molecular complexity index is 1210. The molecule has 0 aliphatic rings. The summed E-state index contributed by atoms with van der Waals surface area (Å²) >= 11 is 0. The smallest absolute Gasteiger partial charge is 0.306 e. The molecule has 0 aromatic rings. The molecule has 0 aliphatic carbocycles. The number of hydrogen-bond acceptors (Lipinski definition) is 10. The van der Waals surface area contributed by atoms with Crippen molar-refractivity contribution in [1.82, 2.24) is 0 Å². The number of unbranched alkanes of at least 4 members (excludes halogenated alkanes) is 15. The van der Waals surface area contributed by atoms with Crippen LogP contribution in [0, 0.1) is 0 Å². The fraction of sp³-hybridized carbons (Fsp3) is 0.739. The normalized spacial score (nSPS) is 14.2. The number of phosphoric acid groups is 1. The third kappa shape index (κ3) is 40.3. The van der Waals surface area contributed by atoms with Crippen LogP contribution in [0.15, 0.2) is 60.4 Å². The van der Waals surface area contributed by atoms with Crippen molar-refractivity contribution in [2.24, 2.45) is 0 Å². The topological polar surface area (TPSA) is 141 Å².